The minimum Gasteiger partial charge on any atom is -0.446 e. The lowest BCUT2D eigenvalue weighted by Gasteiger charge is -2.11. The molecule has 0 fully saturated rings. The molecule has 1 aromatic carbocycles. The van der Waals surface area contributed by atoms with Crippen molar-refractivity contribution in [2.45, 2.75) is 30.8 Å². The number of hydrogen-bond acceptors (Lipinski definition) is 4. The van der Waals surface area contributed by atoms with Crippen molar-refractivity contribution < 1.29 is 26.0 Å². The topological polar surface area (TPSA) is 72.2 Å². The molecule has 5 nitrogen and oxygen atoms in total. The first-order chi connectivity index (χ1) is 11.1. The minimum absolute atomic E-state index is 0.0245. The molecule has 0 unspecified atom stereocenters. The Balaban J connectivity index is 2.07. The summed E-state index contributed by atoms with van der Waals surface area (Å²) in [7, 11) is -4.04. The van der Waals surface area contributed by atoms with Crippen molar-refractivity contribution in [3.05, 3.63) is 46.6 Å². The molecule has 0 aliphatic heterocycles. The molecule has 0 bridgehead atoms. The summed E-state index contributed by atoms with van der Waals surface area (Å²) in [6, 6.07) is 2.08. The number of nitrogens with one attached hydrogen (secondary N) is 1. The monoisotopic (exact) mass is 382 g/mol. The van der Waals surface area contributed by atoms with Crippen LogP contribution in [0.4, 0.5) is 13.2 Å². The van der Waals surface area contributed by atoms with Crippen LogP contribution in [0, 0.1) is 0 Å². The lowest BCUT2D eigenvalue weighted by Crippen LogP contribution is -2.26. The van der Waals surface area contributed by atoms with Gasteiger partial charge in [0.15, 0.2) is 5.89 Å². The second-order valence-corrected chi connectivity index (χ2v) is 7.01. The highest BCUT2D eigenvalue weighted by atomic mass is 35.5. The first-order valence-corrected chi connectivity index (χ1v) is 8.79. The lowest BCUT2D eigenvalue weighted by atomic mass is 10.2. The Morgan fingerprint density at radius 2 is 2.04 bits per heavy atom. The van der Waals surface area contributed by atoms with Gasteiger partial charge in [0, 0.05) is 19.4 Å². The summed E-state index contributed by atoms with van der Waals surface area (Å²) < 4.78 is 69.6. The molecule has 0 saturated carbocycles. The Morgan fingerprint density at radius 1 is 1.33 bits per heavy atom. The van der Waals surface area contributed by atoms with Crippen molar-refractivity contribution in [1.29, 1.82) is 0 Å². The largest absolute Gasteiger partial charge is 0.446 e. The van der Waals surface area contributed by atoms with Crippen LogP contribution in [0.25, 0.3) is 0 Å². The van der Waals surface area contributed by atoms with E-state index >= 15 is 0 Å². The number of nitrogens with zero attached hydrogens (tertiary/aromatic N) is 1. The fourth-order valence-electron chi connectivity index (χ4n) is 1.89. The van der Waals surface area contributed by atoms with E-state index in [1.807, 2.05) is 6.92 Å². The van der Waals surface area contributed by atoms with Gasteiger partial charge in [-0.25, -0.2) is 18.1 Å². The fraction of sp³-hybridized carbons (Fsp3) is 0.357. The zero-order chi connectivity index (χ0) is 18.0. The van der Waals surface area contributed by atoms with Crippen LogP contribution >= 0.6 is 11.6 Å². The fourth-order valence-corrected chi connectivity index (χ4v) is 3.47. The number of hydrogen-bond donors (Lipinski definition) is 1. The SMILES string of the molecule is CCc1cnc(CCNS(=O)(=O)c2ccc(C(F)(F)F)cc2Cl)o1. The maximum atomic E-state index is 12.6. The zero-order valence-electron chi connectivity index (χ0n) is 12.5. The van der Waals surface area contributed by atoms with Crippen LogP contribution in [-0.2, 0) is 29.0 Å². The van der Waals surface area contributed by atoms with Gasteiger partial charge in [-0.2, -0.15) is 13.2 Å². The lowest BCUT2D eigenvalue weighted by molar-refractivity contribution is -0.137. The van der Waals surface area contributed by atoms with E-state index in [9.17, 15) is 21.6 Å². The van der Waals surface area contributed by atoms with E-state index in [1.54, 1.807) is 6.20 Å². The molecule has 1 N–H and O–H groups in total. The number of oxazole rings is 1. The van der Waals surface area contributed by atoms with Crippen LogP contribution in [0.1, 0.15) is 24.1 Å². The molecular formula is C14H14ClF3N2O3S. The van der Waals surface area contributed by atoms with Gasteiger partial charge in [0.25, 0.3) is 0 Å². The van der Waals surface area contributed by atoms with Crippen LogP contribution in [0.5, 0.6) is 0 Å². The third kappa shape index (κ3) is 4.49. The summed E-state index contributed by atoms with van der Waals surface area (Å²) in [5.41, 5.74) is -1.02. The molecule has 0 amide bonds. The van der Waals surface area contributed by atoms with Gasteiger partial charge in [0.1, 0.15) is 10.7 Å². The number of halogens is 4. The summed E-state index contributed by atoms with van der Waals surface area (Å²) in [6.07, 6.45) is -2.17. The molecule has 0 aliphatic carbocycles. The van der Waals surface area contributed by atoms with Gasteiger partial charge < -0.3 is 4.42 Å². The molecule has 0 aliphatic rings. The number of benzene rings is 1. The Labute approximate surface area is 141 Å². The highest BCUT2D eigenvalue weighted by molar-refractivity contribution is 7.89. The van der Waals surface area contributed by atoms with Crippen LogP contribution in [0.15, 0.2) is 33.7 Å². The maximum Gasteiger partial charge on any atom is 0.416 e. The smallest absolute Gasteiger partial charge is 0.416 e. The Bertz CT molecular complexity index is 819. The number of sulfonamides is 1. The second kappa shape index (κ2) is 7.12. The third-order valence-electron chi connectivity index (χ3n) is 3.13. The quantitative estimate of drug-likeness (QED) is 0.830. The molecule has 0 atom stereocenters. The van der Waals surface area contributed by atoms with E-state index in [2.05, 4.69) is 9.71 Å². The molecule has 1 heterocycles. The van der Waals surface area contributed by atoms with Gasteiger partial charge in [-0.1, -0.05) is 18.5 Å². The molecule has 132 valence electrons. The second-order valence-electron chi connectivity index (χ2n) is 4.86. The highest BCUT2D eigenvalue weighted by Gasteiger charge is 2.32. The van der Waals surface area contributed by atoms with Gasteiger partial charge in [-0.05, 0) is 18.2 Å². The van der Waals surface area contributed by atoms with Crippen molar-refractivity contribution >= 4 is 21.6 Å². The van der Waals surface area contributed by atoms with Crippen molar-refractivity contribution in [1.82, 2.24) is 9.71 Å². The average molecular weight is 383 g/mol. The average Bonchev–Trinajstić information content (AvgIpc) is 2.93. The molecule has 10 heteroatoms. The molecule has 24 heavy (non-hydrogen) atoms. The first-order valence-electron chi connectivity index (χ1n) is 6.93. The maximum absolute atomic E-state index is 12.6. The number of alkyl halides is 3. The predicted octanol–water partition coefficient (Wildman–Crippen LogP) is 3.43. The van der Waals surface area contributed by atoms with E-state index in [1.165, 1.54) is 0 Å². The Morgan fingerprint density at radius 3 is 2.58 bits per heavy atom. The summed E-state index contributed by atoms with van der Waals surface area (Å²) in [5, 5.41) is -0.498. The van der Waals surface area contributed by atoms with Crippen molar-refractivity contribution in [2.24, 2.45) is 0 Å². The van der Waals surface area contributed by atoms with Crippen molar-refractivity contribution in [2.75, 3.05) is 6.54 Å². The van der Waals surface area contributed by atoms with Crippen molar-refractivity contribution in [3.63, 3.8) is 0 Å². The zero-order valence-corrected chi connectivity index (χ0v) is 14.1. The predicted molar refractivity (Wildman–Crippen MR) is 81.2 cm³/mol. The van der Waals surface area contributed by atoms with Crippen LogP contribution in [0.3, 0.4) is 0 Å². The van der Waals surface area contributed by atoms with Gasteiger partial charge in [-0.3, -0.25) is 0 Å². The van der Waals surface area contributed by atoms with Gasteiger partial charge in [0.2, 0.25) is 10.0 Å². The standard InChI is InChI=1S/C14H14ClF3N2O3S/c1-2-10-8-19-13(23-10)5-6-20-24(21,22)12-4-3-9(7-11(12)15)14(16,17)18/h3-4,7-8,20H,2,5-6H2,1H3. The summed E-state index contributed by atoms with van der Waals surface area (Å²) in [5.74, 6) is 1.05. The van der Waals surface area contributed by atoms with Gasteiger partial charge in [-0.15, -0.1) is 0 Å². The molecule has 0 spiro atoms. The van der Waals surface area contributed by atoms with Gasteiger partial charge >= 0.3 is 6.18 Å². The summed E-state index contributed by atoms with van der Waals surface area (Å²) in [6.45, 7) is 1.86. The van der Waals surface area contributed by atoms with Crippen LogP contribution in [0.2, 0.25) is 5.02 Å². The van der Waals surface area contributed by atoms with E-state index < -0.39 is 31.7 Å². The van der Waals surface area contributed by atoms with E-state index in [0.717, 1.165) is 6.07 Å². The van der Waals surface area contributed by atoms with Crippen LogP contribution in [-0.4, -0.2) is 19.9 Å². The molecule has 2 aromatic rings. The van der Waals surface area contributed by atoms with Crippen LogP contribution < -0.4 is 4.72 Å². The van der Waals surface area contributed by atoms with E-state index in [-0.39, 0.29) is 13.0 Å². The highest BCUT2D eigenvalue weighted by Crippen LogP contribution is 2.33. The summed E-state index contributed by atoms with van der Waals surface area (Å²) >= 11 is 5.69. The summed E-state index contributed by atoms with van der Waals surface area (Å²) in [4.78, 5) is 3.57. The molecule has 2 rings (SSSR count). The normalized spacial score (nSPS) is 12.5. The minimum atomic E-state index is -4.60. The molecule has 0 radical (unpaired) electrons. The molecule has 0 saturated heterocycles. The number of rotatable bonds is 6. The van der Waals surface area contributed by atoms with E-state index in [0.29, 0.717) is 30.2 Å². The van der Waals surface area contributed by atoms with E-state index in [4.69, 9.17) is 16.0 Å². The molecule has 1 aromatic heterocycles. The van der Waals surface area contributed by atoms with Gasteiger partial charge in [0.05, 0.1) is 16.8 Å². The third-order valence-corrected chi connectivity index (χ3v) is 5.07. The number of aromatic nitrogens is 1. The Kier molecular flexibility index (Phi) is 5.56. The molecular weight excluding hydrogens is 369 g/mol. The first kappa shape index (κ1) is 18.8. The number of aryl methyl sites for hydroxylation is 1. The Hall–Kier alpha value is -1.58. The van der Waals surface area contributed by atoms with Crippen molar-refractivity contribution in [3.8, 4) is 0 Å².